The molecule has 0 amide bonds. The van der Waals surface area contributed by atoms with Gasteiger partial charge in [-0.05, 0) is 22.4 Å². The molecule has 8 heteroatoms. The summed E-state index contributed by atoms with van der Waals surface area (Å²) in [7, 11) is -2.19. The Morgan fingerprint density at radius 3 is 2.72 bits per heavy atom. The lowest BCUT2D eigenvalue weighted by Gasteiger charge is -2.15. The number of hydrogen-bond acceptors (Lipinski definition) is 5. The smallest absolute Gasteiger partial charge is 0.245 e. The molecule has 0 aliphatic heterocycles. The molecular formula is C10H16BrNO5S. The van der Waals surface area contributed by atoms with E-state index in [2.05, 4.69) is 20.7 Å². The molecule has 0 aliphatic rings. The van der Waals surface area contributed by atoms with Crippen LogP contribution in [0.1, 0.15) is 19.1 Å². The minimum atomic E-state index is -3.70. The van der Waals surface area contributed by atoms with Crippen molar-refractivity contribution in [2.45, 2.75) is 30.9 Å². The van der Waals surface area contributed by atoms with Crippen molar-refractivity contribution in [3.8, 4) is 0 Å². The zero-order valence-corrected chi connectivity index (χ0v) is 12.5. The first-order chi connectivity index (χ1) is 8.44. The van der Waals surface area contributed by atoms with Crippen LogP contribution in [0.25, 0.3) is 0 Å². The van der Waals surface area contributed by atoms with Gasteiger partial charge in [0.2, 0.25) is 10.0 Å². The molecule has 0 saturated heterocycles. The first-order valence-corrected chi connectivity index (χ1v) is 7.62. The normalized spacial score (nSPS) is 13.8. The van der Waals surface area contributed by atoms with Crippen molar-refractivity contribution < 1.29 is 22.7 Å². The van der Waals surface area contributed by atoms with Crippen molar-refractivity contribution in [3.05, 3.63) is 16.5 Å². The van der Waals surface area contributed by atoms with Gasteiger partial charge in [-0.25, -0.2) is 13.1 Å². The summed E-state index contributed by atoms with van der Waals surface area (Å²) in [6.07, 6.45) is 0.607. The lowest BCUT2D eigenvalue weighted by atomic mass is 10.3. The van der Waals surface area contributed by atoms with Crippen LogP contribution >= 0.6 is 15.9 Å². The summed E-state index contributed by atoms with van der Waals surface area (Å²) in [5.74, 6) is 0.182. The average Bonchev–Trinajstić information content (AvgIpc) is 2.70. The van der Waals surface area contributed by atoms with Crippen LogP contribution in [0, 0.1) is 0 Å². The van der Waals surface area contributed by atoms with E-state index in [4.69, 9.17) is 14.3 Å². The van der Waals surface area contributed by atoms with E-state index in [-0.39, 0.29) is 34.6 Å². The van der Waals surface area contributed by atoms with Gasteiger partial charge in [-0.2, -0.15) is 0 Å². The minimum absolute atomic E-state index is 0.0268. The molecule has 0 radical (unpaired) electrons. The van der Waals surface area contributed by atoms with Gasteiger partial charge in [-0.15, -0.1) is 0 Å². The van der Waals surface area contributed by atoms with Crippen LogP contribution in [-0.2, 0) is 21.4 Å². The summed E-state index contributed by atoms with van der Waals surface area (Å²) in [5.41, 5.74) is 0. The lowest BCUT2D eigenvalue weighted by molar-refractivity contribution is 0.173. The maximum Gasteiger partial charge on any atom is 0.245 e. The third-order valence-corrected chi connectivity index (χ3v) is 4.71. The van der Waals surface area contributed by atoms with Crippen molar-refractivity contribution >= 4 is 26.0 Å². The number of aliphatic hydroxyl groups is 1. The number of aliphatic hydroxyl groups excluding tert-OH is 1. The largest absolute Gasteiger partial charge is 0.450 e. The minimum Gasteiger partial charge on any atom is -0.450 e. The average molecular weight is 342 g/mol. The molecular weight excluding hydrogens is 326 g/mol. The van der Waals surface area contributed by atoms with E-state index in [0.717, 1.165) is 0 Å². The van der Waals surface area contributed by atoms with Gasteiger partial charge in [0.1, 0.15) is 17.3 Å². The first kappa shape index (κ1) is 15.6. The Hall–Kier alpha value is -0.410. The quantitative estimate of drug-likeness (QED) is 0.778. The monoisotopic (exact) mass is 341 g/mol. The third kappa shape index (κ3) is 3.79. The number of methoxy groups -OCH3 is 1. The number of ether oxygens (including phenoxy) is 1. The fourth-order valence-corrected chi connectivity index (χ4v) is 3.68. The second kappa shape index (κ2) is 6.67. The van der Waals surface area contributed by atoms with Crippen LogP contribution < -0.4 is 4.72 Å². The zero-order chi connectivity index (χ0) is 13.8. The standard InChI is InChI=1S/C10H16BrNO5S/c1-3-7(6-16-2)12-18(14,15)9-4-8(5-13)17-10(9)11/h4,7,12-13H,3,5-6H2,1-2H3. The predicted molar refractivity (Wildman–Crippen MR) is 68.6 cm³/mol. The highest BCUT2D eigenvalue weighted by molar-refractivity contribution is 9.10. The molecule has 1 rings (SSSR count). The van der Waals surface area contributed by atoms with Crippen molar-refractivity contribution in [2.75, 3.05) is 13.7 Å². The number of nitrogens with one attached hydrogen (secondary N) is 1. The number of furan rings is 1. The molecule has 0 aliphatic carbocycles. The van der Waals surface area contributed by atoms with E-state index < -0.39 is 10.0 Å². The summed E-state index contributed by atoms with van der Waals surface area (Å²) in [6.45, 7) is 1.79. The van der Waals surface area contributed by atoms with E-state index in [1.807, 2.05) is 6.92 Å². The Kier molecular flexibility index (Phi) is 5.80. The fourth-order valence-electron chi connectivity index (χ4n) is 1.38. The van der Waals surface area contributed by atoms with E-state index in [1.54, 1.807) is 0 Å². The van der Waals surface area contributed by atoms with Crippen LogP contribution in [0.15, 0.2) is 20.0 Å². The van der Waals surface area contributed by atoms with Crippen molar-refractivity contribution in [3.63, 3.8) is 0 Å². The molecule has 0 saturated carbocycles. The maximum absolute atomic E-state index is 12.1. The lowest BCUT2D eigenvalue weighted by Crippen LogP contribution is -2.37. The van der Waals surface area contributed by atoms with Gasteiger partial charge in [0.15, 0.2) is 4.67 Å². The second-order valence-electron chi connectivity index (χ2n) is 3.69. The summed E-state index contributed by atoms with van der Waals surface area (Å²) < 4.78 is 36.7. The summed E-state index contributed by atoms with van der Waals surface area (Å²) in [6, 6.07) is 0.978. The Balaban J connectivity index is 2.94. The van der Waals surface area contributed by atoms with Crippen LogP contribution in [-0.4, -0.2) is 33.3 Å². The number of halogens is 1. The fraction of sp³-hybridized carbons (Fsp3) is 0.600. The van der Waals surface area contributed by atoms with E-state index in [0.29, 0.717) is 6.42 Å². The molecule has 6 nitrogen and oxygen atoms in total. The predicted octanol–water partition coefficient (Wildman–Crippen LogP) is 1.24. The molecule has 104 valence electrons. The molecule has 0 bridgehead atoms. The van der Waals surface area contributed by atoms with Crippen LogP contribution in [0.4, 0.5) is 0 Å². The van der Waals surface area contributed by atoms with Crippen molar-refractivity contribution in [2.24, 2.45) is 0 Å². The Bertz CT molecular complexity index is 484. The molecule has 1 aromatic heterocycles. The van der Waals surface area contributed by atoms with Gasteiger partial charge >= 0.3 is 0 Å². The third-order valence-electron chi connectivity index (χ3n) is 2.33. The molecule has 1 unspecified atom stereocenters. The van der Waals surface area contributed by atoms with E-state index in [9.17, 15) is 8.42 Å². The molecule has 1 atom stereocenters. The Morgan fingerprint density at radius 1 is 1.61 bits per heavy atom. The summed E-state index contributed by atoms with van der Waals surface area (Å²) in [4.78, 5) is -0.0268. The Labute approximate surface area is 115 Å². The van der Waals surface area contributed by atoms with Crippen molar-refractivity contribution in [1.82, 2.24) is 4.72 Å². The molecule has 1 aromatic rings. The van der Waals surface area contributed by atoms with E-state index >= 15 is 0 Å². The van der Waals surface area contributed by atoms with Gasteiger partial charge < -0.3 is 14.3 Å². The summed E-state index contributed by atoms with van der Waals surface area (Å²) >= 11 is 3.02. The number of sulfonamides is 1. The Morgan fingerprint density at radius 2 is 2.28 bits per heavy atom. The molecule has 1 heterocycles. The van der Waals surface area contributed by atoms with Gasteiger partial charge in [-0.1, -0.05) is 6.92 Å². The maximum atomic E-state index is 12.1. The van der Waals surface area contributed by atoms with Crippen LogP contribution in [0.5, 0.6) is 0 Å². The molecule has 0 aromatic carbocycles. The van der Waals surface area contributed by atoms with Crippen LogP contribution in [0.2, 0.25) is 0 Å². The van der Waals surface area contributed by atoms with Gasteiger partial charge in [0.05, 0.1) is 6.61 Å². The SMILES string of the molecule is CCC(COC)NS(=O)(=O)c1cc(CO)oc1Br. The first-order valence-electron chi connectivity index (χ1n) is 5.35. The summed E-state index contributed by atoms with van der Waals surface area (Å²) in [5, 5.41) is 8.90. The highest BCUT2D eigenvalue weighted by atomic mass is 79.9. The molecule has 18 heavy (non-hydrogen) atoms. The number of rotatable bonds is 7. The second-order valence-corrected chi connectivity index (χ2v) is 6.09. The van der Waals surface area contributed by atoms with Gasteiger partial charge in [-0.3, -0.25) is 0 Å². The van der Waals surface area contributed by atoms with Gasteiger partial charge in [0.25, 0.3) is 0 Å². The molecule has 0 fully saturated rings. The number of hydrogen-bond donors (Lipinski definition) is 2. The highest BCUT2D eigenvalue weighted by Crippen LogP contribution is 2.26. The molecule has 0 spiro atoms. The van der Waals surface area contributed by atoms with Crippen molar-refractivity contribution in [1.29, 1.82) is 0 Å². The van der Waals surface area contributed by atoms with Gasteiger partial charge in [0, 0.05) is 19.2 Å². The highest BCUT2D eigenvalue weighted by Gasteiger charge is 2.24. The van der Waals surface area contributed by atoms with Crippen LogP contribution in [0.3, 0.4) is 0 Å². The zero-order valence-electron chi connectivity index (χ0n) is 10.1. The molecule has 2 N–H and O–H groups in total. The van der Waals surface area contributed by atoms with E-state index in [1.165, 1.54) is 13.2 Å². The topological polar surface area (TPSA) is 88.8 Å².